The van der Waals surface area contributed by atoms with Crippen molar-refractivity contribution in [1.82, 2.24) is 21.3 Å². The average Bonchev–Trinajstić information content (AvgIpc) is 2.26. The van der Waals surface area contributed by atoms with E-state index in [-0.39, 0.29) is 30.4 Å². The van der Waals surface area contributed by atoms with E-state index in [0.717, 1.165) is 13.1 Å². The number of nitrogens with one attached hydrogen (secondary N) is 4. The molecule has 1 unspecified atom stereocenters. The summed E-state index contributed by atoms with van der Waals surface area (Å²) >= 11 is 0. The van der Waals surface area contributed by atoms with E-state index in [9.17, 15) is 9.59 Å². The van der Waals surface area contributed by atoms with Gasteiger partial charge in [0.25, 0.3) is 0 Å². The third-order valence-corrected chi connectivity index (χ3v) is 2.23. The van der Waals surface area contributed by atoms with Gasteiger partial charge in [0.1, 0.15) is 0 Å². The van der Waals surface area contributed by atoms with Crippen molar-refractivity contribution in [3.8, 4) is 0 Å². The SMILES string of the molecule is CC(C)NC(=O)CNC(=O)C1CNCCN1. The molecule has 1 aliphatic rings. The Morgan fingerprint density at radius 1 is 1.38 bits per heavy atom. The zero-order valence-electron chi connectivity index (χ0n) is 9.80. The molecule has 1 saturated heterocycles. The molecule has 0 radical (unpaired) electrons. The lowest BCUT2D eigenvalue weighted by atomic mass is 10.2. The number of carbonyl (C=O) groups is 2. The molecule has 1 rings (SSSR count). The summed E-state index contributed by atoms with van der Waals surface area (Å²) in [6.07, 6.45) is 0. The molecule has 92 valence electrons. The normalized spacial score (nSPS) is 20.6. The summed E-state index contributed by atoms with van der Waals surface area (Å²) in [4.78, 5) is 22.9. The first-order valence-electron chi connectivity index (χ1n) is 5.60. The van der Waals surface area contributed by atoms with Gasteiger partial charge in [0, 0.05) is 25.7 Å². The van der Waals surface area contributed by atoms with Crippen LogP contribution in [-0.4, -0.2) is 50.1 Å². The Labute approximate surface area is 95.5 Å². The minimum absolute atomic E-state index is 0.0369. The van der Waals surface area contributed by atoms with Crippen LogP contribution in [0.4, 0.5) is 0 Å². The average molecular weight is 228 g/mol. The highest BCUT2D eigenvalue weighted by Crippen LogP contribution is 1.87. The molecule has 0 bridgehead atoms. The lowest BCUT2D eigenvalue weighted by Crippen LogP contribution is -2.56. The predicted molar refractivity (Wildman–Crippen MR) is 60.9 cm³/mol. The van der Waals surface area contributed by atoms with Gasteiger partial charge in [0.05, 0.1) is 12.6 Å². The highest BCUT2D eigenvalue weighted by Gasteiger charge is 2.20. The Morgan fingerprint density at radius 2 is 2.12 bits per heavy atom. The van der Waals surface area contributed by atoms with Gasteiger partial charge in [-0.05, 0) is 13.8 Å². The number of hydrogen-bond acceptors (Lipinski definition) is 4. The maximum Gasteiger partial charge on any atom is 0.239 e. The number of amides is 2. The molecule has 6 nitrogen and oxygen atoms in total. The van der Waals surface area contributed by atoms with E-state index in [4.69, 9.17) is 0 Å². The van der Waals surface area contributed by atoms with Crippen LogP contribution in [0.5, 0.6) is 0 Å². The third-order valence-electron chi connectivity index (χ3n) is 2.23. The maximum atomic E-state index is 11.6. The van der Waals surface area contributed by atoms with Crippen molar-refractivity contribution in [2.45, 2.75) is 25.9 Å². The number of piperazine rings is 1. The monoisotopic (exact) mass is 228 g/mol. The van der Waals surface area contributed by atoms with Gasteiger partial charge in [-0.15, -0.1) is 0 Å². The quantitative estimate of drug-likeness (QED) is 0.457. The maximum absolute atomic E-state index is 11.6. The summed E-state index contributed by atoms with van der Waals surface area (Å²) in [6, 6.07) is -0.139. The lowest BCUT2D eigenvalue weighted by Gasteiger charge is -2.23. The second kappa shape index (κ2) is 6.44. The van der Waals surface area contributed by atoms with Gasteiger partial charge in [-0.25, -0.2) is 0 Å². The van der Waals surface area contributed by atoms with Crippen LogP contribution in [0.1, 0.15) is 13.8 Å². The molecule has 16 heavy (non-hydrogen) atoms. The largest absolute Gasteiger partial charge is 0.352 e. The van der Waals surface area contributed by atoms with Crippen molar-refractivity contribution < 1.29 is 9.59 Å². The first-order chi connectivity index (χ1) is 7.59. The van der Waals surface area contributed by atoms with Crippen molar-refractivity contribution in [2.24, 2.45) is 0 Å². The molecule has 2 amide bonds. The molecule has 1 atom stereocenters. The molecule has 1 heterocycles. The van der Waals surface area contributed by atoms with Gasteiger partial charge < -0.3 is 21.3 Å². The molecule has 0 spiro atoms. The second-order valence-corrected chi connectivity index (χ2v) is 4.15. The highest BCUT2D eigenvalue weighted by atomic mass is 16.2. The van der Waals surface area contributed by atoms with E-state index in [0.29, 0.717) is 6.54 Å². The lowest BCUT2D eigenvalue weighted by molar-refractivity contribution is -0.127. The fourth-order valence-corrected chi connectivity index (χ4v) is 1.50. The first kappa shape index (κ1) is 12.9. The Hall–Kier alpha value is -1.14. The molecule has 1 fully saturated rings. The van der Waals surface area contributed by atoms with E-state index < -0.39 is 0 Å². The second-order valence-electron chi connectivity index (χ2n) is 4.15. The summed E-state index contributed by atoms with van der Waals surface area (Å²) in [6.45, 7) is 6.05. The number of hydrogen-bond donors (Lipinski definition) is 4. The molecule has 0 aromatic carbocycles. The fraction of sp³-hybridized carbons (Fsp3) is 0.800. The topological polar surface area (TPSA) is 82.3 Å². The van der Waals surface area contributed by atoms with E-state index in [1.54, 1.807) is 0 Å². The number of rotatable bonds is 4. The zero-order valence-corrected chi connectivity index (χ0v) is 9.80. The van der Waals surface area contributed by atoms with Gasteiger partial charge in [-0.3, -0.25) is 9.59 Å². The van der Waals surface area contributed by atoms with Crippen LogP contribution in [0.3, 0.4) is 0 Å². The van der Waals surface area contributed by atoms with E-state index in [2.05, 4.69) is 21.3 Å². The van der Waals surface area contributed by atoms with Crippen LogP contribution >= 0.6 is 0 Å². The van der Waals surface area contributed by atoms with Crippen molar-refractivity contribution in [1.29, 1.82) is 0 Å². The molecule has 4 N–H and O–H groups in total. The smallest absolute Gasteiger partial charge is 0.239 e. The van der Waals surface area contributed by atoms with Crippen LogP contribution in [0.15, 0.2) is 0 Å². The van der Waals surface area contributed by atoms with Crippen molar-refractivity contribution in [3.63, 3.8) is 0 Å². The summed E-state index contributed by atoms with van der Waals surface area (Å²) < 4.78 is 0. The van der Waals surface area contributed by atoms with E-state index >= 15 is 0 Å². The fourth-order valence-electron chi connectivity index (χ4n) is 1.50. The Bertz CT molecular complexity index is 249. The van der Waals surface area contributed by atoms with Crippen molar-refractivity contribution in [2.75, 3.05) is 26.2 Å². The third kappa shape index (κ3) is 4.59. The Morgan fingerprint density at radius 3 is 2.69 bits per heavy atom. The van der Waals surface area contributed by atoms with Crippen LogP contribution in [-0.2, 0) is 9.59 Å². The first-order valence-corrected chi connectivity index (χ1v) is 5.60. The van der Waals surface area contributed by atoms with Crippen molar-refractivity contribution in [3.05, 3.63) is 0 Å². The predicted octanol–water partition coefficient (Wildman–Crippen LogP) is -1.81. The molecule has 0 aliphatic carbocycles. The molecule has 0 aromatic rings. The van der Waals surface area contributed by atoms with Gasteiger partial charge in [-0.1, -0.05) is 0 Å². The Kier molecular flexibility index (Phi) is 5.21. The molecule has 1 aliphatic heterocycles. The van der Waals surface area contributed by atoms with Crippen LogP contribution in [0, 0.1) is 0 Å². The molecular weight excluding hydrogens is 208 g/mol. The summed E-state index contributed by atoms with van der Waals surface area (Å²) in [5.74, 6) is -0.293. The van der Waals surface area contributed by atoms with E-state index in [1.807, 2.05) is 13.8 Å². The highest BCUT2D eigenvalue weighted by molar-refractivity contribution is 5.87. The molecular formula is C10H20N4O2. The van der Waals surface area contributed by atoms with Crippen LogP contribution < -0.4 is 21.3 Å². The Balaban J connectivity index is 2.21. The summed E-state index contributed by atoms with van der Waals surface area (Å²) in [5.41, 5.74) is 0. The van der Waals surface area contributed by atoms with Crippen LogP contribution in [0.2, 0.25) is 0 Å². The molecule has 0 aromatic heterocycles. The standard InChI is InChI=1S/C10H20N4O2/c1-7(2)14-9(15)6-13-10(16)8-5-11-3-4-12-8/h7-8,11-12H,3-6H2,1-2H3,(H,13,16)(H,14,15). The minimum Gasteiger partial charge on any atom is -0.352 e. The van der Waals surface area contributed by atoms with Crippen LogP contribution in [0.25, 0.3) is 0 Å². The van der Waals surface area contributed by atoms with Gasteiger partial charge in [0.2, 0.25) is 11.8 Å². The van der Waals surface area contributed by atoms with Gasteiger partial charge in [-0.2, -0.15) is 0 Å². The minimum atomic E-state index is -0.236. The van der Waals surface area contributed by atoms with Crippen molar-refractivity contribution >= 4 is 11.8 Å². The molecule has 0 saturated carbocycles. The summed E-state index contributed by atoms with van der Waals surface area (Å²) in [7, 11) is 0. The van der Waals surface area contributed by atoms with Gasteiger partial charge >= 0.3 is 0 Å². The number of carbonyl (C=O) groups excluding carboxylic acids is 2. The van der Waals surface area contributed by atoms with E-state index in [1.165, 1.54) is 0 Å². The zero-order chi connectivity index (χ0) is 12.0. The van der Waals surface area contributed by atoms with Gasteiger partial charge in [0.15, 0.2) is 0 Å². The summed E-state index contributed by atoms with van der Waals surface area (Å²) in [5, 5.41) is 11.5. The molecule has 6 heteroatoms.